The van der Waals surface area contributed by atoms with Crippen molar-refractivity contribution >= 4 is 27.7 Å². The maximum atomic E-state index is 13.3. The lowest BCUT2D eigenvalue weighted by atomic mass is 10.0. The fourth-order valence-corrected chi connectivity index (χ4v) is 5.62. The monoisotopic (exact) mass is 595 g/mol. The smallest absolute Gasteiger partial charge is 0.407 e. The second kappa shape index (κ2) is 16.5. The molecule has 9 nitrogen and oxygen atoms in total. The van der Waals surface area contributed by atoms with Crippen molar-refractivity contribution in [3.05, 3.63) is 102 Å². The highest BCUT2D eigenvalue weighted by molar-refractivity contribution is 7.92. The number of carbonyl (C=O) groups is 2. The molecule has 3 N–H and O–H groups in total. The Balaban J connectivity index is 1.54. The molecule has 10 heteroatoms. The van der Waals surface area contributed by atoms with E-state index in [-0.39, 0.29) is 31.4 Å². The molecule has 0 fully saturated rings. The summed E-state index contributed by atoms with van der Waals surface area (Å²) in [5.74, 6) is -0.858. The van der Waals surface area contributed by atoms with Gasteiger partial charge in [-0.1, -0.05) is 79.7 Å². The number of aryl methyl sites for hydroxylation is 1. The molecule has 0 aromatic heterocycles. The van der Waals surface area contributed by atoms with E-state index in [2.05, 4.69) is 10.0 Å². The molecule has 226 valence electrons. The van der Waals surface area contributed by atoms with E-state index < -0.39 is 28.1 Å². The molecule has 0 aliphatic carbocycles. The van der Waals surface area contributed by atoms with E-state index >= 15 is 0 Å². The van der Waals surface area contributed by atoms with Gasteiger partial charge in [-0.3, -0.25) is 9.52 Å². The largest absolute Gasteiger partial charge is 0.445 e. The van der Waals surface area contributed by atoms with Crippen LogP contribution in [0.4, 0.5) is 10.5 Å². The molecule has 2 atom stereocenters. The number of aliphatic hydroxyl groups is 1. The van der Waals surface area contributed by atoms with Gasteiger partial charge in [0.05, 0.1) is 6.10 Å². The van der Waals surface area contributed by atoms with E-state index in [1.807, 2.05) is 67.6 Å². The van der Waals surface area contributed by atoms with Gasteiger partial charge in [-0.25, -0.2) is 13.2 Å². The van der Waals surface area contributed by atoms with Gasteiger partial charge in [-0.2, -0.15) is 0 Å². The lowest BCUT2D eigenvalue weighted by Crippen LogP contribution is -2.39. The fraction of sp³-hybridized carbons (Fsp3) is 0.375. The highest BCUT2D eigenvalue weighted by Gasteiger charge is 2.23. The summed E-state index contributed by atoms with van der Waals surface area (Å²) in [5, 5.41) is 12.6. The summed E-state index contributed by atoms with van der Waals surface area (Å²) in [6.45, 7) is 4.27. The average molecular weight is 596 g/mol. The zero-order chi connectivity index (χ0) is 30.4. The molecule has 0 radical (unpaired) electrons. The maximum Gasteiger partial charge on any atom is 0.407 e. The summed E-state index contributed by atoms with van der Waals surface area (Å²) >= 11 is 0. The summed E-state index contributed by atoms with van der Waals surface area (Å²) < 4.78 is 34.0. The first-order valence-electron chi connectivity index (χ1n) is 14.2. The van der Waals surface area contributed by atoms with Crippen molar-refractivity contribution in [1.29, 1.82) is 0 Å². The number of nitrogens with zero attached hydrogens (tertiary/aromatic N) is 1. The van der Waals surface area contributed by atoms with Crippen LogP contribution in [0.5, 0.6) is 0 Å². The topological polar surface area (TPSA) is 125 Å². The molecule has 2 unspecified atom stereocenters. The number of alkyl carbamates (subject to hydrolysis) is 1. The Morgan fingerprint density at radius 2 is 1.60 bits per heavy atom. The highest BCUT2D eigenvalue weighted by atomic mass is 32.2. The van der Waals surface area contributed by atoms with Crippen LogP contribution in [-0.4, -0.2) is 49.4 Å². The predicted molar refractivity (Wildman–Crippen MR) is 164 cm³/mol. The summed E-state index contributed by atoms with van der Waals surface area (Å²) in [4.78, 5) is 26.7. The van der Waals surface area contributed by atoms with Crippen LogP contribution in [0.25, 0.3) is 0 Å². The van der Waals surface area contributed by atoms with Gasteiger partial charge in [0.25, 0.3) is 10.0 Å². The average Bonchev–Trinajstić information content (AvgIpc) is 2.96. The van der Waals surface area contributed by atoms with Crippen LogP contribution in [0.2, 0.25) is 0 Å². The Morgan fingerprint density at radius 3 is 2.26 bits per heavy atom. The van der Waals surface area contributed by atoms with Gasteiger partial charge in [0.2, 0.25) is 5.91 Å². The van der Waals surface area contributed by atoms with E-state index in [1.54, 1.807) is 31.2 Å². The molecule has 2 amide bonds. The minimum absolute atomic E-state index is 0.0954. The van der Waals surface area contributed by atoms with E-state index in [9.17, 15) is 23.1 Å². The highest BCUT2D eigenvalue weighted by Crippen LogP contribution is 2.19. The van der Waals surface area contributed by atoms with Crippen molar-refractivity contribution in [2.75, 3.05) is 23.7 Å². The quantitative estimate of drug-likeness (QED) is 0.208. The number of sulfonamides is 1. The lowest BCUT2D eigenvalue weighted by molar-refractivity contribution is -0.131. The number of nitrogens with one attached hydrogen (secondary N) is 2. The molecule has 42 heavy (non-hydrogen) atoms. The van der Waals surface area contributed by atoms with Crippen LogP contribution in [-0.2, 0) is 32.6 Å². The Labute approximate surface area is 249 Å². The molecule has 0 aliphatic heterocycles. The van der Waals surface area contributed by atoms with Gasteiger partial charge in [0.1, 0.15) is 12.5 Å². The van der Waals surface area contributed by atoms with Gasteiger partial charge < -0.3 is 20.1 Å². The minimum atomic E-state index is -3.91. The Hall–Kier alpha value is -3.89. The summed E-state index contributed by atoms with van der Waals surface area (Å²) in [7, 11) is -3.91. The lowest BCUT2D eigenvalue weighted by Gasteiger charge is -2.25. The van der Waals surface area contributed by atoms with Gasteiger partial charge >= 0.3 is 6.09 Å². The summed E-state index contributed by atoms with van der Waals surface area (Å²) in [6, 6.07) is 25.7. The van der Waals surface area contributed by atoms with Crippen molar-refractivity contribution in [3.8, 4) is 0 Å². The zero-order valence-corrected chi connectivity index (χ0v) is 25.1. The third-order valence-corrected chi connectivity index (χ3v) is 7.90. The van der Waals surface area contributed by atoms with E-state index in [1.165, 1.54) is 4.90 Å². The number of carbonyl (C=O) groups excluding carboxylic acids is 2. The van der Waals surface area contributed by atoms with Gasteiger partial charge in [0.15, 0.2) is 0 Å². The third kappa shape index (κ3) is 11.9. The van der Waals surface area contributed by atoms with Crippen molar-refractivity contribution < 1.29 is 27.9 Å². The molecule has 3 aromatic carbocycles. The van der Waals surface area contributed by atoms with Crippen LogP contribution in [0, 0.1) is 5.92 Å². The van der Waals surface area contributed by atoms with Gasteiger partial charge in [-0.15, -0.1) is 0 Å². The van der Waals surface area contributed by atoms with Crippen LogP contribution in [0.15, 0.2) is 84.9 Å². The number of hydrogen-bond acceptors (Lipinski definition) is 6. The molecule has 3 aromatic rings. The molecule has 0 bridgehead atoms. The first-order chi connectivity index (χ1) is 20.1. The van der Waals surface area contributed by atoms with Crippen LogP contribution >= 0.6 is 0 Å². The Kier molecular flexibility index (Phi) is 12.8. The SMILES string of the molecule is CC(CCNC(=O)OCc1ccccc1)CC(=O)N(CCCc1ccccc1)CS(=O)(=O)Nc1cccc(C(C)O)c1. The van der Waals surface area contributed by atoms with Crippen LogP contribution < -0.4 is 10.0 Å². The van der Waals surface area contributed by atoms with E-state index in [0.717, 1.165) is 11.1 Å². The third-order valence-electron chi connectivity index (χ3n) is 6.70. The fourth-order valence-electron chi connectivity index (χ4n) is 4.38. The molecular formula is C32H41N3O6S. The second-order valence-corrected chi connectivity index (χ2v) is 12.2. The summed E-state index contributed by atoms with van der Waals surface area (Å²) in [5.41, 5.74) is 2.90. The molecule has 0 heterocycles. The molecular weight excluding hydrogens is 554 g/mol. The number of amides is 2. The van der Waals surface area contributed by atoms with Gasteiger partial charge in [-0.05, 0) is 60.9 Å². The molecule has 0 aliphatic rings. The minimum Gasteiger partial charge on any atom is -0.445 e. The van der Waals surface area contributed by atoms with Crippen molar-refractivity contribution in [2.24, 2.45) is 5.92 Å². The number of aliphatic hydroxyl groups excluding tert-OH is 1. The zero-order valence-electron chi connectivity index (χ0n) is 24.2. The summed E-state index contributed by atoms with van der Waals surface area (Å²) in [6.07, 6.45) is 0.703. The van der Waals surface area contributed by atoms with Crippen molar-refractivity contribution in [1.82, 2.24) is 10.2 Å². The first-order valence-corrected chi connectivity index (χ1v) is 15.8. The first kappa shape index (κ1) is 32.6. The predicted octanol–water partition coefficient (Wildman–Crippen LogP) is 5.24. The standard InChI is InChI=1S/C32H41N3O6S/c1-25(18-19-33-32(38)41-23-28-13-7-4-8-14-28)21-31(37)35(20-10-15-27-11-5-3-6-12-27)24-42(39,40)34-30-17-9-16-29(22-30)26(2)36/h3-9,11-14,16-17,22,25-26,34,36H,10,15,18-21,23-24H2,1-2H3,(H,33,38). The van der Waals surface area contributed by atoms with Crippen molar-refractivity contribution in [3.63, 3.8) is 0 Å². The molecule has 0 spiro atoms. The van der Waals surface area contributed by atoms with Crippen molar-refractivity contribution in [2.45, 2.75) is 52.2 Å². The number of rotatable bonds is 16. The van der Waals surface area contributed by atoms with E-state index in [4.69, 9.17) is 4.74 Å². The van der Waals surface area contributed by atoms with Crippen LogP contribution in [0.1, 0.15) is 55.9 Å². The molecule has 3 rings (SSSR count). The Morgan fingerprint density at radius 1 is 0.929 bits per heavy atom. The van der Waals surface area contributed by atoms with Crippen LogP contribution in [0.3, 0.4) is 0 Å². The molecule has 0 saturated carbocycles. The number of ether oxygens (including phenoxy) is 1. The van der Waals surface area contributed by atoms with E-state index in [0.29, 0.717) is 37.1 Å². The number of benzene rings is 3. The molecule has 0 saturated heterocycles. The second-order valence-electron chi connectivity index (χ2n) is 10.5. The Bertz CT molecular complexity index is 1370. The van der Waals surface area contributed by atoms with Gasteiger partial charge in [0, 0.05) is 25.2 Å². The normalized spacial score (nSPS) is 12.6. The maximum absolute atomic E-state index is 13.3. The number of anilines is 1. The number of hydrogen-bond donors (Lipinski definition) is 3.